The number of hydrogen-bond donors (Lipinski definition) is 0. The van der Waals surface area contributed by atoms with Crippen molar-refractivity contribution in [1.29, 1.82) is 0 Å². The van der Waals surface area contributed by atoms with Gasteiger partial charge in [-0.25, -0.2) is 0 Å². The second kappa shape index (κ2) is 2.93. The molecule has 0 atom stereocenters. The summed E-state index contributed by atoms with van der Waals surface area (Å²) in [6, 6.07) is 3.99. The molecule has 0 spiro atoms. The lowest BCUT2D eigenvalue weighted by Gasteiger charge is -2.06. The van der Waals surface area contributed by atoms with Gasteiger partial charge < -0.3 is 5.11 Å². The van der Waals surface area contributed by atoms with Crippen LogP contribution in [0.3, 0.4) is 0 Å². The molecule has 0 aliphatic rings. The summed E-state index contributed by atoms with van der Waals surface area (Å²) in [6.07, 6.45) is 0. The van der Waals surface area contributed by atoms with E-state index in [2.05, 4.69) is 0 Å². The molecule has 0 unspecified atom stereocenters. The Kier molecular flexibility index (Phi) is 2.15. The molecule has 3 heteroatoms. The number of hydrogen-bond acceptors (Lipinski definition) is 2. The Bertz CT molecular complexity index is 294. The molecule has 0 radical (unpaired) electrons. The highest BCUT2D eigenvalue weighted by Gasteiger charge is 2.02. The Labute approximate surface area is 69.4 Å². The smallest absolute Gasteiger partial charge is 0.161 e. The molecule has 0 aliphatic carbocycles. The van der Waals surface area contributed by atoms with Gasteiger partial charge in [-0.05, 0) is 6.92 Å². The summed E-state index contributed by atoms with van der Waals surface area (Å²) in [6.45, 7) is 1.41. The maximum atomic E-state index is 10.8. The zero-order valence-corrected chi connectivity index (χ0v) is 6.68. The minimum absolute atomic E-state index is 0.130. The minimum Gasteiger partial charge on any atom is -0.872 e. The van der Waals surface area contributed by atoms with Gasteiger partial charge in [0, 0.05) is 5.56 Å². The lowest BCUT2D eigenvalue weighted by Crippen LogP contribution is -1.95. The average molecular weight is 170 g/mol. The first kappa shape index (κ1) is 8.08. The van der Waals surface area contributed by atoms with Gasteiger partial charge >= 0.3 is 0 Å². The van der Waals surface area contributed by atoms with Crippen molar-refractivity contribution in [3.63, 3.8) is 0 Å². The Hall–Kier alpha value is -1.02. The van der Waals surface area contributed by atoms with E-state index in [9.17, 15) is 9.90 Å². The summed E-state index contributed by atoms with van der Waals surface area (Å²) in [4.78, 5) is 10.8. The van der Waals surface area contributed by atoms with Crippen molar-refractivity contribution in [2.75, 3.05) is 0 Å². The van der Waals surface area contributed by atoms with Crippen LogP contribution >= 0.6 is 11.6 Å². The number of ketones is 1. The quantitative estimate of drug-likeness (QED) is 0.600. The topological polar surface area (TPSA) is 40.1 Å². The molecule has 0 aliphatic heterocycles. The molecule has 0 aromatic heterocycles. The van der Waals surface area contributed by atoms with E-state index >= 15 is 0 Å². The van der Waals surface area contributed by atoms with E-state index in [-0.39, 0.29) is 16.6 Å². The van der Waals surface area contributed by atoms with Gasteiger partial charge in [-0.2, -0.15) is 0 Å². The number of Topliss-reactive ketones (excluding diaryl/α,β-unsaturated/α-hetero) is 1. The molecule has 0 saturated heterocycles. The van der Waals surface area contributed by atoms with E-state index in [0.29, 0.717) is 5.56 Å². The summed E-state index contributed by atoms with van der Waals surface area (Å²) >= 11 is 5.60. The molecule has 0 N–H and O–H groups in total. The number of rotatable bonds is 1. The van der Waals surface area contributed by atoms with E-state index < -0.39 is 0 Å². The summed E-state index contributed by atoms with van der Waals surface area (Å²) in [7, 11) is 0. The molecule has 0 saturated carbocycles. The molecule has 1 rings (SSSR count). The standard InChI is InChI=1S/C8H7ClO2/c1-5(10)7-3-2-6(11)4-8(7)9/h2-4,11H,1H3/p-1. The molecule has 0 bridgehead atoms. The van der Waals surface area contributed by atoms with Crippen molar-refractivity contribution >= 4 is 17.4 Å². The van der Waals surface area contributed by atoms with Gasteiger partial charge in [0.2, 0.25) is 0 Å². The van der Waals surface area contributed by atoms with Crippen LogP contribution in [0.5, 0.6) is 5.75 Å². The summed E-state index contributed by atoms with van der Waals surface area (Å²) < 4.78 is 0. The van der Waals surface area contributed by atoms with Gasteiger partial charge in [0.25, 0.3) is 0 Å². The van der Waals surface area contributed by atoms with Crippen LogP contribution in [-0.4, -0.2) is 5.78 Å². The fourth-order valence-electron chi connectivity index (χ4n) is 0.781. The molecule has 58 valence electrons. The molecule has 11 heavy (non-hydrogen) atoms. The molecule has 0 fully saturated rings. The maximum absolute atomic E-state index is 10.8. The van der Waals surface area contributed by atoms with Gasteiger partial charge in [0.15, 0.2) is 5.78 Å². The van der Waals surface area contributed by atoms with Crippen molar-refractivity contribution in [2.24, 2.45) is 0 Å². The highest BCUT2D eigenvalue weighted by atomic mass is 35.5. The van der Waals surface area contributed by atoms with Crippen LogP contribution in [0.4, 0.5) is 0 Å². The first-order chi connectivity index (χ1) is 5.11. The minimum atomic E-state index is -0.181. The molecule has 0 heterocycles. The summed E-state index contributed by atoms with van der Waals surface area (Å²) in [5.41, 5.74) is 0.395. The molecule has 1 aromatic carbocycles. The Balaban J connectivity index is 3.20. The van der Waals surface area contributed by atoms with Crippen LogP contribution in [-0.2, 0) is 0 Å². The molecule has 0 amide bonds. The molecule has 1 aromatic rings. The van der Waals surface area contributed by atoms with E-state index in [1.54, 1.807) is 0 Å². The van der Waals surface area contributed by atoms with Crippen LogP contribution in [0.15, 0.2) is 18.2 Å². The van der Waals surface area contributed by atoms with E-state index in [1.807, 2.05) is 0 Å². The molecule has 2 nitrogen and oxygen atoms in total. The van der Waals surface area contributed by atoms with Gasteiger partial charge in [0.05, 0.1) is 5.02 Å². The average Bonchev–Trinajstić information content (AvgIpc) is 1.85. The van der Waals surface area contributed by atoms with E-state index in [1.165, 1.54) is 25.1 Å². The predicted octanol–water partition coefficient (Wildman–Crippen LogP) is 1.62. The molecular formula is C8H6ClO2-. The highest BCUT2D eigenvalue weighted by Crippen LogP contribution is 2.19. The van der Waals surface area contributed by atoms with Crippen LogP contribution in [0, 0.1) is 0 Å². The van der Waals surface area contributed by atoms with Crippen LogP contribution in [0.25, 0.3) is 0 Å². The monoisotopic (exact) mass is 169 g/mol. The summed E-state index contributed by atoms with van der Waals surface area (Å²) in [5.74, 6) is -0.310. The number of carbonyl (C=O) groups is 1. The predicted molar refractivity (Wildman–Crippen MR) is 40.9 cm³/mol. The highest BCUT2D eigenvalue weighted by molar-refractivity contribution is 6.34. The number of carbonyl (C=O) groups excluding carboxylic acids is 1. The third-order valence-corrected chi connectivity index (χ3v) is 1.63. The third-order valence-electron chi connectivity index (χ3n) is 1.32. The first-order valence-corrected chi connectivity index (χ1v) is 3.46. The zero-order valence-electron chi connectivity index (χ0n) is 5.93. The van der Waals surface area contributed by atoms with Gasteiger partial charge in [-0.15, -0.1) is 5.75 Å². The van der Waals surface area contributed by atoms with Crippen molar-refractivity contribution in [3.8, 4) is 5.75 Å². The second-order valence-corrected chi connectivity index (χ2v) is 2.61. The van der Waals surface area contributed by atoms with E-state index in [4.69, 9.17) is 11.6 Å². The largest absolute Gasteiger partial charge is 0.872 e. The van der Waals surface area contributed by atoms with Crippen molar-refractivity contribution in [3.05, 3.63) is 28.8 Å². The fourth-order valence-corrected chi connectivity index (χ4v) is 1.08. The van der Waals surface area contributed by atoms with Crippen molar-refractivity contribution < 1.29 is 9.90 Å². The van der Waals surface area contributed by atoms with Crippen LogP contribution < -0.4 is 5.11 Å². The summed E-state index contributed by atoms with van der Waals surface area (Å²) in [5, 5.41) is 10.9. The fraction of sp³-hybridized carbons (Fsp3) is 0.125. The Morgan fingerprint density at radius 2 is 2.18 bits per heavy atom. The first-order valence-electron chi connectivity index (χ1n) is 3.09. The zero-order chi connectivity index (χ0) is 8.43. The van der Waals surface area contributed by atoms with Gasteiger partial charge in [0.1, 0.15) is 0 Å². The van der Waals surface area contributed by atoms with E-state index in [0.717, 1.165) is 0 Å². The van der Waals surface area contributed by atoms with Crippen LogP contribution in [0.1, 0.15) is 17.3 Å². The Morgan fingerprint density at radius 1 is 1.55 bits per heavy atom. The lowest BCUT2D eigenvalue weighted by atomic mass is 10.1. The lowest BCUT2D eigenvalue weighted by molar-refractivity contribution is -0.268. The normalized spacial score (nSPS) is 9.64. The SMILES string of the molecule is CC(=O)c1ccc([O-])cc1Cl. The molecular weight excluding hydrogens is 164 g/mol. The van der Waals surface area contributed by atoms with Gasteiger partial charge in [-0.3, -0.25) is 4.79 Å². The third kappa shape index (κ3) is 1.71. The Morgan fingerprint density at radius 3 is 2.64 bits per heavy atom. The van der Waals surface area contributed by atoms with Crippen molar-refractivity contribution in [2.45, 2.75) is 6.92 Å². The maximum Gasteiger partial charge on any atom is 0.161 e. The number of benzene rings is 1. The number of halogens is 1. The second-order valence-electron chi connectivity index (χ2n) is 2.20. The van der Waals surface area contributed by atoms with Crippen molar-refractivity contribution in [1.82, 2.24) is 0 Å². The van der Waals surface area contributed by atoms with Gasteiger partial charge in [-0.1, -0.05) is 29.8 Å². The van der Waals surface area contributed by atoms with Crippen LogP contribution in [0.2, 0.25) is 5.02 Å².